The highest BCUT2D eigenvalue weighted by molar-refractivity contribution is 5.92. The van der Waals surface area contributed by atoms with Crippen molar-refractivity contribution in [1.29, 1.82) is 0 Å². The monoisotopic (exact) mass is 383 g/mol. The van der Waals surface area contributed by atoms with Crippen molar-refractivity contribution in [2.24, 2.45) is 0 Å². The Balaban J connectivity index is 1.49. The maximum atomic E-state index is 13.1. The summed E-state index contributed by atoms with van der Waals surface area (Å²) in [6.07, 6.45) is 3.85. The van der Waals surface area contributed by atoms with Gasteiger partial charge in [0.25, 0.3) is 5.91 Å². The lowest BCUT2D eigenvalue weighted by Gasteiger charge is -2.20. The van der Waals surface area contributed by atoms with Crippen LogP contribution in [0.4, 0.5) is 4.39 Å². The second kappa shape index (κ2) is 7.58. The maximum absolute atomic E-state index is 13.1. The number of nitrogens with zero attached hydrogens (tertiary/aromatic N) is 3. The number of hydrogen-bond acceptors (Lipinski definition) is 5. The van der Waals surface area contributed by atoms with Crippen LogP contribution in [0.3, 0.4) is 0 Å². The molecule has 28 heavy (non-hydrogen) atoms. The van der Waals surface area contributed by atoms with Crippen LogP contribution in [0.2, 0.25) is 0 Å². The van der Waals surface area contributed by atoms with Crippen molar-refractivity contribution in [2.75, 3.05) is 6.54 Å². The molecule has 2 aromatic heterocycles. The normalized spacial score (nSPS) is 16.9. The van der Waals surface area contributed by atoms with Gasteiger partial charge in [-0.2, -0.15) is 0 Å². The van der Waals surface area contributed by atoms with E-state index in [9.17, 15) is 9.18 Å². The fraction of sp³-hybridized carbons (Fsp3) is 0.381. The van der Waals surface area contributed by atoms with Gasteiger partial charge in [0.2, 0.25) is 11.7 Å². The number of halogens is 1. The van der Waals surface area contributed by atoms with E-state index in [0.29, 0.717) is 24.6 Å². The number of hydrogen-bond donors (Lipinski definition) is 0. The fourth-order valence-electron chi connectivity index (χ4n) is 3.43. The molecule has 0 spiro atoms. The van der Waals surface area contributed by atoms with Crippen LogP contribution in [-0.2, 0) is 6.42 Å². The summed E-state index contributed by atoms with van der Waals surface area (Å²) in [5.74, 6) is 1.18. The lowest BCUT2D eigenvalue weighted by molar-refractivity contribution is 0.0672. The van der Waals surface area contributed by atoms with Gasteiger partial charge in [0.05, 0.1) is 11.9 Å². The van der Waals surface area contributed by atoms with Crippen LogP contribution >= 0.6 is 0 Å². The first-order chi connectivity index (χ1) is 13.5. The van der Waals surface area contributed by atoms with Gasteiger partial charge in [-0.1, -0.05) is 31.1 Å². The molecule has 0 aliphatic carbocycles. The van der Waals surface area contributed by atoms with E-state index in [1.54, 1.807) is 29.3 Å². The number of carbonyl (C=O) groups is 1. The molecule has 0 radical (unpaired) electrons. The lowest BCUT2D eigenvalue weighted by atomic mass is 10.1. The molecule has 7 heteroatoms. The van der Waals surface area contributed by atoms with Crippen molar-refractivity contribution in [1.82, 2.24) is 15.0 Å². The first-order valence-electron chi connectivity index (χ1n) is 9.48. The second-order valence-corrected chi connectivity index (χ2v) is 7.40. The Morgan fingerprint density at radius 2 is 2.11 bits per heavy atom. The summed E-state index contributed by atoms with van der Waals surface area (Å²) in [6.45, 7) is 4.62. The molecule has 0 unspecified atom stereocenters. The Morgan fingerprint density at radius 1 is 1.32 bits per heavy atom. The van der Waals surface area contributed by atoms with Gasteiger partial charge >= 0.3 is 0 Å². The molecule has 1 aliphatic heterocycles. The first kappa shape index (κ1) is 18.4. The second-order valence-electron chi connectivity index (χ2n) is 7.40. The van der Waals surface area contributed by atoms with Crippen LogP contribution in [0.25, 0.3) is 0 Å². The van der Waals surface area contributed by atoms with E-state index < -0.39 is 0 Å². The number of oxazole rings is 1. The molecule has 1 fully saturated rings. The van der Waals surface area contributed by atoms with Crippen molar-refractivity contribution in [3.63, 3.8) is 0 Å². The van der Waals surface area contributed by atoms with Crippen LogP contribution in [0, 0.1) is 5.82 Å². The average molecular weight is 383 g/mol. The number of likely N-dealkylation sites (tertiary alicyclic amines) is 1. The molecule has 0 saturated carbocycles. The van der Waals surface area contributed by atoms with Gasteiger partial charge in [0.15, 0.2) is 0 Å². The molecule has 1 aliphatic rings. The quantitative estimate of drug-likeness (QED) is 0.649. The molecule has 0 N–H and O–H groups in total. The Hall–Kier alpha value is -2.96. The molecule has 3 heterocycles. The Bertz CT molecular complexity index is 961. The maximum Gasteiger partial charge on any atom is 0.293 e. The summed E-state index contributed by atoms with van der Waals surface area (Å²) < 4.78 is 24.2. The third-order valence-corrected chi connectivity index (χ3v) is 4.99. The van der Waals surface area contributed by atoms with E-state index in [4.69, 9.17) is 8.94 Å². The van der Waals surface area contributed by atoms with E-state index in [1.165, 1.54) is 12.1 Å². The van der Waals surface area contributed by atoms with Crippen molar-refractivity contribution in [3.8, 4) is 0 Å². The van der Waals surface area contributed by atoms with E-state index >= 15 is 0 Å². The third-order valence-electron chi connectivity index (χ3n) is 4.99. The van der Waals surface area contributed by atoms with Gasteiger partial charge in [0.1, 0.15) is 17.6 Å². The summed E-state index contributed by atoms with van der Waals surface area (Å²) >= 11 is 0. The molecule has 146 valence electrons. The van der Waals surface area contributed by atoms with Crippen LogP contribution in [0.1, 0.15) is 72.1 Å². The van der Waals surface area contributed by atoms with Crippen LogP contribution in [0.5, 0.6) is 0 Å². The zero-order valence-corrected chi connectivity index (χ0v) is 15.9. The molecular weight excluding hydrogens is 361 g/mol. The van der Waals surface area contributed by atoms with Gasteiger partial charge in [-0.25, -0.2) is 9.37 Å². The molecule has 6 nitrogen and oxygen atoms in total. The van der Waals surface area contributed by atoms with E-state index in [-0.39, 0.29) is 29.4 Å². The van der Waals surface area contributed by atoms with Crippen molar-refractivity contribution in [2.45, 2.75) is 45.1 Å². The Morgan fingerprint density at radius 3 is 2.82 bits per heavy atom. The molecule has 1 saturated heterocycles. The van der Waals surface area contributed by atoms with Gasteiger partial charge < -0.3 is 13.8 Å². The SMILES string of the molecule is CC(C)c1cc(C(=O)N2CCC[C@@H]2c2ncc(Cc3ccc(F)cc3)o2)on1. The van der Waals surface area contributed by atoms with E-state index in [0.717, 1.165) is 24.1 Å². The number of amides is 1. The van der Waals surface area contributed by atoms with Gasteiger partial charge in [-0.15, -0.1) is 0 Å². The number of rotatable bonds is 5. The zero-order chi connectivity index (χ0) is 19.7. The topological polar surface area (TPSA) is 72.4 Å². The summed E-state index contributed by atoms with van der Waals surface area (Å²) in [5, 5.41) is 3.97. The Kier molecular flexibility index (Phi) is 4.98. The smallest absolute Gasteiger partial charge is 0.293 e. The largest absolute Gasteiger partial charge is 0.443 e. The molecule has 0 bridgehead atoms. The molecule has 1 atom stereocenters. The molecule has 1 amide bonds. The number of aromatic nitrogens is 2. The molecular formula is C21H22FN3O3. The predicted octanol–water partition coefficient (Wildman–Crippen LogP) is 4.49. The minimum Gasteiger partial charge on any atom is -0.443 e. The first-order valence-corrected chi connectivity index (χ1v) is 9.48. The van der Waals surface area contributed by atoms with Crippen LogP contribution in [-0.4, -0.2) is 27.5 Å². The van der Waals surface area contributed by atoms with Crippen molar-refractivity contribution < 1.29 is 18.1 Å². The number of benzene rings is 1. The molecule has 3 aromatic rings. The van der Waals surface area contributed by atoms with E-state index in [1.807, 2.05) is 13.8 Å². The molecule has 1 aromatic carbocycles. The highest BCUT2D eigenvalue weighted by Gasteiger charge is 2.35. The fourth-order valence-corrected chi connectivity index (χ4v) is 3.43. The van der Waals surface area contributed by atoms with Gasteiger partial charge in [-0.05, 0) is 36.5 Å². The minimum atomic E-state index is -0.268. The summed E-state index contributed by atoms with van der Waals surface area (Å²) in [6, 6.07) is 7.78. The van der Waals surface area contributed by atoms with E-state index in [2.05, 4.69) is 10.1 Å². The van der Waals surface area contributed by atoms with Crippen LogP contribution < -0.4 is 0 Å². The number of carbonyl (C=O) groups excluding carboxylic acids is 1. The predicted molar refractivity (Wildman–Crippen MR) is 99.3 cm³/mol. The molecule has 4 rings (SSSR count). The zero-order valence-electron chi connectivity index (χ0n) is 15.9. The van der Waals surface area contributed by atoms with Crippen LogP contribution in [0.15, 0.2) is 45.5 Å². The highest BCUT2D eigenvalue weighted by atomic mass is 19.1. The van der Waals surface area contributed by atoms with Gasteiger partial charge in [-0.3, -0.25) is 4.79 Å². The van der Waals surface area contributed by atoms with Crippen molar-refractivity contribution in [3.05, 3.63) is 71.0 Å². The summed E-state index contributed by atoms with van der Waals surface area (Å²) in [4.78, 5) is 19.0. The summed E-state index contributed by atoms with van der Waals surface area (Å²) in [5.41, 5.74) is 1.70. The summed E-state index contributed by atoms with van der Waals surface area (Å²) in [7, 11) is 0. The standard InChI is InChI=1S/C21H22FN3O3/c1-13(2)17-11-19(28-24-17)21(26)25-9-3-4-18(25)20-23-12-16(27-20)10-14-5-7-15(22)8-6-14/h5-8,11-13,18H,3-4,9-10H2,1-2H3/t18-/m1/s1. The highest BCUT2D eigenvalue weighted by Crippen LogP contribution is 2.33. The Labute approximate surface area is 162 Å². The minimum absolute atomic E-state index is 0.194. The van der Waals surface area contributed by atoms with Gasteiger partial charge in [0, 0.05) is 19.0 Å². The van der Waals surface area contributed by atoms with Crippen molar-refractivity contribution >= 4 is 5.91 Å². The lowest BCUT2D eigenvalue weighted by Crippen LogP contribution is -2.30. The third kappa shape index (κ3) is 3.69. The average Bonchev–Trinajstić information content (AvgIpc) is 3.43.